The molecular weight excluding hydrogens is 322 g/mol. The predicted octanol–water partition coefficient (Wildman–Crippen LogP) is 4.63. The molecule has 4 nitrogen and oxygen atoms in total. The summed E-state index contributed by atoms with van der Waals surface area (Å²) in [6.45, 7) is 0.771. The minimum Gasteiger partial charge on any atom is -0.495 e. The van der Waals surface area contributed by atoms with Gasteiger partial charge in [0.1, 0.15) is 11.8 Å². The van der Waals surface area contributed by atoms with Gasteiger partial charge >= 0.3 is 0 Å². The van der Waals surface area contributed by atoms with Gasteiger partial charge in [-0.15, -0.1) is 0 Å². The van der Waals surface area contributed by atoms with Crippen molar-refractivity contribution in [2.24, 2.45) is 0 Å². The van der Waals surface area contributed by atoms with Gasteiger partial charge in [-0.25, -0.2) is 4.98 Å². The maximum Gasteiger partial charge on any atom is 0.136 e. The summed E-state index contributed by atoms with van der Waals surface area (Å²) in [5.41, 5.74) is 5.95. The highest BCUT2D eigenvalue weighted by molar-refractivity contribution is 5.75. The highest BCUT2D eigenvalue weighted by Gasteiger charge is 2.06. The van der Waals surface area contributed by atoms with Crippen LogP contribution in [0.1, 0.15) is 11.1 Å². The summed E-state index contributed by atoms with van der Waals surface area (Å²) >= 11 is 0. The topological polar surface area (TPSA) is 50.8 Å². The highest BCUT2D eigenvalue weighted by atomic mass is 16.5. The van der Waals surface area contributed by atoms with Crippen LogP contribution in [-0.2, 0) is 6.54 Å². The summed E-state index contributed by atoms with van der Waals surface area (Å²) in [7, 11) is 1.57. The second kappa shape index (κ2) is 6.73. The second-order valence-electron chi connectivity index (χ2n) is 6.08. The maximum atomic E-state index is 9.26. The Labute approximate surface area is 151 Å². The van der Waals surface area contributed by atoms with E-state index in [1.807, 2.05) is 42.7 Å². The summed E-state index contributed by atoms with van der Waals surface area (Å²) in [6, 6.07) is 24.4. The van der Waals surface area contributed by atoms with E-state index in [9.17, 15) is 5.26 Å². The zero-order chi connectivity index (χ0) is 17.9. The quantitative estimate of drug-likeness (QED) is 0.544. The van der Waals surface area contributed by atoms with E-state index in [1.54, 1.807) is 7.11 Å². The summed E-state index contributed by atoms with van der Waals surface area (Å²) in [6.07, 6.45) is 1.88. The Morgan fingerprint density at radius 3 is 2.54 bits per heavy atom. The standard InChI is InChI=1S/C22H17N3O/c1-26-22-11-10-18(12-19(22)13-23)17-8-6-16(7-9-17)14-25-15-24-20-4-2-3-5-21(20)25/h2-12,15H,14H2,1H3. The molecule has 0 N–H and O–H groups in total. The van der Waals surface area contributed by atoms with E-state index in [1.165, 1.54) is 5.56 Å². The fraction of sp³-hybridized carbons (Fsp3) is 0.0909. The molecule has 3 aromatic carbocycles. The molecule has 0 atom stereocenters. The largest absolute Gasteiger partial charge is 0.495 e. The normalized spacial score (nSPS) is 10.6. The summed E-state index contributed by atoms with van der Waals surface area (Å²) < 4.78 is 7.35. The first-order valence-electron chi connectivity index (χ1n) is 8.36. The number of nitrogens with zero attached hydrogens (tertiary/aromatic N) is 3. The number of hydrogen-bond donors (Lipinski definition) is 0. The third-order valence-electron chi connectivity index (χ3n) is 4.49. The van der Waals surface area contributed by atoms with Crippen LogP contribution >= 0.6 is 0 Å². The Kier molecular flexibility index (Phi) is 4.12. The van der Waals surface area contributed by atoms with Crippen LogP contribution in [0.3, 0.4) is 0 Å². The van der Waals surface area contributed by atoms with Crippen LogP contribution in [-0.4, -0.2) is 16.7 Å². The van der Waals surface area contributed by atoms with Gasteiger partial charge in [-0.1, -0.05) is 42.5 Å². The van der Waals surface area contributed by atoms with E-state index < -0.39 is 0 Å². The Hall–Kier alpha value is -3.58. The zero-order valence-corrected chi connectivity index (χ0v) is 14.4. The predicted molar refractivity (Wildman–Crippen MR) is 102 cm³/mol. The lowest BCUT2D eigenvalue weighted by Crippen LogP contribution is -1.97. The molecule has 126 valence electrons. The van der Waals surface area contributed by atoms with Crippen LogP contribution in [0.15, 0.2) is 73.1 Å². The first kappa shape index (κ1) is 15.9. The molecule has 26 heavy (non-hydrogen) atoms. The molecule has 0 radical (unpaired) electrons. The molecule has 0 aliphatic heterocycles. The molecule has 4 heteroatoms. The van der Waals surface area contributed by atoms with E-state index in [0.29, 0.717) is 11.3 Å². The van der Waals surface area contributed by atoms with Crippen LogP contribution in [0.4, 0.5) is 0 Å². The fourth-order valence-corrected chi connectivity index (χ4v) is 3.11. The van der Waals surface area contributed by atoms with Crippen molar-refractivity contribution in [2.75, 3.05) is 7.11 Å². The first-order valence-corrected chi connectivity index (χ1v) is 8.36. The fourth-order valence-electron chi connectivity index (χ4n) is 3.11. The lowest BCUT2D eigenvalue weighted by atomic mass is 10.0. The molecular formula is C22H17N3O. The van der Waals surface area contributed by atoms with Gasteiger partial charge in [-0.2, -0.15) is 5.26 Å². The average Bonchev–Trinajstić information content (AvgIpc) is 3.11. The van der Waals surface area contributed by atoms with Crippen molar-refractivity contribution in [1.82, 2.24) is 9.55 Å². The SMILES string of the molecule is COc1ccc(-c2ccc(Cn3cnc4ccccc43)cc2)cc1C#N. The Bertz CT molecular complexity index is 1100. The van der Waals surface area contributed by atoms with Crippen molar-refractivity contribution in [3.05, 3.63) is 84.2 Å². The molecule has 4 rings (SSSR count). The molecule has 4 aromatic rings. The molecule has 0 bridgehead atoms. The second-order valence-corrected chi connectivity index (χ2v) is 6.08. The summed E-state index contributed by atoms with van der Waals surface area (Å²) in [5.74, 6) is 0.597. The van der Waals surface area contributed by atoms with Crippen LogP contribution in [0.25, 0.3) is 22.2 Å². The molecule has 0 unspecified atom stereocenters. The Balaban J connectivity index is 1.60. The number of nitriles is 1. The van der Waals surface area contributed by atoms with E-state index in [-0.39, 0.29) is 0 Å². The van der Waals surface area contributed by atoms with Gasteiger partial charge in [0.15, 0.2) is 0 Å². The van der Waals surface area contributed by atoms with Crippen LogP contribution < -0.4 is 4.74 Å². The summed E-state index contributed by atoms with van der Waals surface area (Å²) in [4.78, 5) is 4.44. The van der Waals surface area contributed by atoms with Crippen molar-refractivity contribution in [2.45, 2.75) is 6.54 Å². The average molecular weight is 339 g/mol. The van der Waals surface area contributed by atoms with Crippen LogP contribution in [0.5, 0.6) is 5.75 Å². The molecule has 1 aromatic heterocycles. The molecule has 0 saturated carbocycles. The molecule has 0 fully saturated rings. The number of ether oxygens (including phenoxy) is 1. The lowest BCUT2D eigenvalue weighted by Gasteiger charge is -2.08. The van der Waals surface area contributed by atoms with Crippen molar-refractivity contribution >= 4 is 11.0 Å². The number of rotatable bonds is 4. The molecule has 0 aliphatic carbocycles. The maximum absolute atomic E-state index is 9.26. The van der Waals surface area contributed by atoms with E-state index in [4.69, 9.17) is 4.74 Å². The molecule has 0 aliphatic rings. The first-order chi connectivity index (χ1) is 12.8. The van der Waals surface area contributed by atoms with Crippen molar-refractivity contribution in [3.8, 4) is 22.9 Å². The molecule has 0 amide bonds. The number of fused-ring (bicyclic) bond motifs is 1. The number of imidazole rings is 1. The number of methoxy groups -OCH3 is 1. The number of hydrogen-bond acceptors (Lipinski definition) is 3. The van der Waals surface area contributed by atoms with E-state index in [2.05, 4.69) is 46.0 Å². The lowest BCUT2D eigenvalue weighted by molar-refractivity contribution is 0.413. The minimum absolute atomic E-state index is 0.541. The van der Waals surface area contributed by atoms with Crippen molar-refractivity contribution < 1.29 is 4.74 Å². The third kappa shape index (κ3) is 2.91. The van der Waals surface area contributed by atoms with E-state index >= 15 is 0 Å². The Morgan fingerprint density at radius 2 is 1.77 bits per heavy atom. The third-order valence-corrected chi connectivity index (χ3v) is 4.49. The monoisotopic (exact) mass is 339 g/mol. The van der Waals surface area contributed by atoms with Gasteiger partial charge in [0.2, 0.25) is 0 Å². The van der Waals surface area contributed by atoms with Gasteiger partial charge in [0.25, 0.3) is 0 Å². The van der Waals surface area contributed by atoms with Crippen LogP contribution in [0.2, 0.25) is 0 Å². The Morgan fingerprint density at radius 1 is 1.00 bits per heavy atom. The van der Waals surface area contributed by atoms with Crippen molar-refractivity contribution in [1.29, 1.82) is 5.26 Å². The van der Waals surface area contributed by atoms with Gasteiger partial charge < -0.3 is 9.30 Å². The smallest absolute Gasteiger partial charge is 0.136 e. The van der Waals surface area contributed by atoms with Gasteiger partial charge in [0, 0.05) is 6.54 Å². The highest BCUT2D eigenvalue weighted by Crippen LogP contribution is 2.26. The molecule has 1 heterocycles. The minimum atomic E-state index is 0.541. The zero-order valence-electron chi connectivity index (χ0n) is 14.4. The number of para-hydroxylation sites is 2. The van der Waals surface area contributed by atoms with Gasteiger partial charge in [-0.3, -0.25) is 0 Å². The van der Waals surface area contributed by atoms with Gasteiger partial charge in [0.05, 0.1) is 30.0 Å². The molecule has 0 saturated heterocycles. The van der Waals surface area contributed by atoms with E-state index in [0.717, 1.165) is 28.7 Å². The van der Waals surface area contributed by atoms with Crippen molar-refractivity contribution in [3.63, 3.8) is 0 Å². The number of aromatic nitrogens is 2. The van der Waals surface area contributed by atoms with Gasteiger partial charge in [-0.05, 0) is 41.0 Å². The number of benzene rings is 3. The molecule has 0 spiro atoms. The van der Waals surface area contributed by atoms with Crippen LogP contribution in [0, 0.1) is 11.3 Å². The summed E-state index contributed by atoms with van der Waals surface area (Å²) in [5, 5.41) is 9.26.